The van der Waals surface area contributed by atoms with Crippen molar-refractivity contribution >= 4 is 35.7 Å². The molecule has 0 aliphatic carbocycles. The van der Waals surface area contributed by atoms with Gasteiger partial charge in [0.05, 0.1) is 0 Å². The molecule has 0 atom stereocenters. The monoisotopic (exact) mass is 199 g/mol. The van der Waals surface area contributed by atoms with Crippen LogP contribution in [0.15, 0.2) is 0 Å². The molecule has 0 aliphatic rings. The summed E-state index contributed by atoms with van der Waals surface area (Å²) in [4.78, 5) is 10.9. The molecule has 0 fully saturated rings. The molecule has 13 heavy (non-hydrogen) atoms. The Morgan fingerprint density at radius 3 is 2.38 bits per heavy atom. The standard InChI is InChI=1S/C8H17NO3.Na.H/c1-8(2,3)12-7(11)9-5-4-6-10;;/h10H,4-6H2,1-3H3,(H,9,11);;. The first kappa shape index (κ1) is 15.7. The molecule has 0 aromatic carbocycles. The molecule has 0 saturated carbocycles. The zero-order valence-electron chi connectivity index (χ0n) is 7.89. The maximum absolute atomic E-state index is 10.9. The number of rotatable bonds is 3. The number of amides is 1. The second-order valence-corrected chi connectivity index (χ2v) is 3.51. The van der Waals surface area contributed by atoms with E-state index in [9.17, 15) is 4.79 Å². The molecule has 0 heterocycles. The van der Waals surface area contributed by atoms with Crippen molar-refractivity contribution in [2.75, 3.05) is 13.2 Å². The van der Waals surface area contributed by atoms with Gasteiger partial charge in [-0.05, 0) is 27.2 Å². The topological polar surface area (TPSA) is 58.6 Å². The molecule has 4 nitrogen and oxygen atoms in total. The second kappa shape index (κ2) is 7.62. The van der Waals surface area contributed by atoms with Crippen LogP contribution in [-0.2, 0) is 4.74 Å². The van der Waals surface area contributed by atoms with Crippen LogP contribution < -0.4 is 5.32 Å². The van der Waals surface area contributed by atoms with Crippen molar-refractivity contribution in [3.8, 4) is 0 Å². The Morgan fingerprint density at radius 1 is 1.46 bits per heavy atom. The Kier molecular flexibility index (Phi) is 9.19. The van der Waals surface area contributed by atoms with Crippen LogP contribution in [0.1, 0.15) is 27.2 Å². The van der Waals surface area contributed by atoms with Crippen molar-refractivity contribution in [1.29, 1.82) is 0 Å². The number of hydrogen-bond donors (Lipinski definition) is 2. The molecule has 74 valence electrons. The van der Waals surface area contributed by atoms with Gasteiger partial charge in [-0.15, -0.1) is 0 Å². The molecule has 0 aromatic rings. The quantitative estimate of drug-likeness (QED) is 0.506. The first-order valence-electron chi connectivity index (χ1n) is 4.03. The molecule has 0 saturated heterocycles. The summed E-state index contributed by atoms with van der Waals surface area (Å²) < 4.78 is 4.95. The number of carbonyl (C=O) groups is 1. The van der Waals surface area contributed by atoms with E-state index in [1.807, 2.05) is 0 Å². The van der Waals surface area contributed by atoms with Crippen molar-refractivity contribution in [1.82, 2.24) is 5.32 Å². The van der Waals surface area contributed by atoms with Crippen LogP contribution in [0.4, 0.5) is 4.79 Å². The molecule has 0 unspecified atom stereocenters. The predicted octanol–water partition coefficient (Wildman–Crippen LogP) is 0.245. The fourth-order valence-corrected chi connectivity index (χ4v) is 0.584. The van der Waals surface area contributed by atoms with Crippen LogP contribution in [0.25, 0.3) is 0 Å². The van der Waals surface area contributed by atoms with E-state index in [1.165, 1.54) is 0 Å². The van der Waals surface area contributed by atoms with Gasteiger partial charge in [-0.2, -0.15) is 0 Å². The van der Waals surface area contributed by atoms with Gasteiger partial charge in [0.25, 0.3) is 0 Å². The van der Waals surface area contributed by atoms with Crippen LogP contribution in [-0.4, -0.2) is 59.5 Å². The summed E-state index contributed by atoms with van der Waals surface area (Å²) in [6.07, 6.45) is 0.120. The number of ether oxygens (including phenoxy) is 1. The van der Waals surface area contributed by atoms with Gasteiger partial charge in [-0.3, -0.25) is 0 Å². The third-order valence-electron chi connectivity index (χ3n) is 1.00. The van der Waals surface area contributed by atoms with Crippen LogP contribution >= 0.6 is 0 Å². The van der Waals surface area contributed by atoms with Crippen molar-refractivity contribution in [3.05, 3.63) is 0 Å². The Morgan fingerprint density at radius 2 is 2.00 bits per heavy atom. The van der Waals surface area contributed by atoms with Gasteiger partial charge in [0.2, 0.25) is 0 Å². The molecule has 0 aromatic heterocycles. The van der Waals surface area contributed by atoms with E-state index in [2.05, 4.69) is 5.32 Å². The molecule has 0 bridgehead atoms. The number of alkyl carbamates (subject to hydrolysis) is 1. The van der Waals surface area contributed by atoms with E-state index in [4.69, 9.17) is 9.84 Å². The summed E-state index contributed by atoms with van der Waals surface area (Å²) in [5.41, 5.74) is -0.455. The summed E-state index contributed by atoms with van der Waals surface area (Å²) in [6, 6.07) is 0. The van der Waals surface area contributed by atoms with Gasteiger partial charge in [-0.1, -0.05) is 0 Å². The molecule has 0 aliphatic heterocycles. The van der Waals surface area contributed by atoms with Crippen LogP contribution in [0.5, 0.6) is 0 Å². The van der Waals surface area contributed by atoms with Crippen molar-refractivity contribution in [2.24, 2.45) is 0 Å². The summed E-state index contributed by atoms with van der Waals surface area (Å²) in [5, 5.41) is 10.9. The molecule has 5 heteroatoms. The van der Waals surface area contributed by atoms with Crippen molar-refractivity contribution in [2.45, 2.75) is 32.8 Å². The van der Waals surface area contributed by atoms with E-state index in [0.717, 1.165) is 0 Å². The summed E-state index contributed by atoms with van der Waals surface area (Å²) in [5.74, 6) is 0. The molecule has 1 amide bonds. The number of aliphatic hydroxyl groups is 1. The van der Waals surface area contributed by atoms with E-state index in [1.54, 1.807) is 20.8 Å². The summed E-state index contributed by atoms with van der Waals surface area (Å²) >= 11 is 0. The van der Waals surface area contributed by atoms with Gasteiger partial charge in [0, 0.05) is 13.2 Å². The van der Waals surface area contributed by atoms with E-state index in [0.29, 0.717) is 13.0 Å². The number of nitrogens with one attached hydrogen (secondary N) is 1. The number of carbonyl (C=O) groups excluding carboxylic acids is 1. The third-order valence-corrected chi connectivity index (χ3v) is 1.00. The fourth-order valence-electron chi connectivity index (χ4n) is 0.584. The fraction of sp³-hybridized carbons (Fsp3) is 0.875. The molecular weight excluding hydrogens is 181 g/mol. The molecular formula is C8H18NNaO3. The zero-order chi connectivity index (χ0) is 9.61. The summed E-state index contributed by atoms with van der Waals surface area (Å²) in [6.45, 7) is 5.94. The van der Waals surface area contributed by atoms with Gasteiger partial charge in [-0.25, -0.2) is 4.79 Å². The Balaban J connectivity index is 0. The molecule has 0 spiro atoms. The van der Waals surface area contributed by atoms with Crippen LogP contribution in [0, 0.1) is 0 Å². The number of aliphatic hydroxyl groups excluding tert-OH is 1. The van der Waals surface area contributed by atoms with Gasteiger partial charge >= 0.3 is 35.7 Å². The normalized spacial score (nSPS) is 10.2. The van der Waals surface area contributed by atoms with E-state index < -0.39 is 11.7 Å². The maximum atomic E-state index is 10.9. The second-order valence-electron chi connectivity index (χ2n) is 3.51. The average molecular weight is 199 g/mol. The molecule has 0 rings (SSSR count). The Bertz CT molecular complexity index is 145. The van der Waals surface area contributed by atoms with Crippen LogP contribution in [0.2, 0.25) is 0 Å². The van der Waals surface area contributed by atoms with Gasteiger partial charge in [0.1, 0.15) is 5.60 Å². The van der Waals surface area contributed by atoms with Gasteiger partial charge < -0.3 is 15.2 Å². The minimum atomic E-state index is -0.455. The molecule has 2 N–H and O–H groups in total. The predicted molar refractivity (Wildman–Crippen MR) is 53.1 cm³/mol. The first-order chi connectivity index (χ1) is 5.45. The molecule has 0 radical (unpaired) electrons. The third kappa shape index (κ3) is 12.2. The number of hydrogen-bond acceptors (Lipinski definition) is 3. The summed E-state index contributed by atoms with van der Waals surface area (Å²) in [7, 11) is 0. The Hall–Kier alpha value is 0.230. The van der Waals surface area contributed by atoms with Crippen molar-refractivity contribution in [3.63, 3.8) is 0 Å². The van der Waals surface area contributed by atoms with Crippen LogP contribution in [0.3, 0.4) is 0 Å². The average Bonchev–Trinajstić information content (AvgIpc) is 1.84. The van der Waals surface area contributed by atoms with Gasteiger partial charge in [0.15, 0.2) is 0 Å². The van der Waals surface area contributed by atoms with E-state index >= 15 is 0 Å². The Labute approximate surface area is 101 Å². The van der Waals surface area contributed by atoms with Crippen molar-refractivity contribution < 1.29 is 14.6 Å². The minimum absolute atomic E-state index is 0. The van der Waals surface area contributed by atoms with E-state index in [-0.39, 0.29) is 36.2 Å². The first-order valence-corrected chi connectivity index (χ1v) is 4.03. The SMILES string of the molecule is CC(C)(C)OC(=O)NCCCO.[NaH]. The zero-order valence-corrected chi connectivity index (χ0v) is 7.89.